The molecular formula is C10H20N2O2. The number of carbonyl (C=O) groups excluding carboxylic acids is 1. The van der Waals surface area contributed by atoms with Gasteiger partial charge in [-0.15, -0.1) is 0 Å². The summed E-state index contributed by atoms with van der Waals surface area (Å²) in [6.45, 7) is 3.59. The molecule has 82 valence electrons. The van der Waals surface area contributed by atoms with E-state index in [9.17, 15) is 4.79 Å². The van der Waals surface area contributed by atoms with Crippen LogP contribution in [0.5, 0.6) is 0 Å². The highest BCUT2D eigenvalue weighted by molar-refractivity contribution is 5.73. The molecule has 4 nitrogen and oxygen atoms in total. The molecule has 0 bridgehead atoms. The molecule has 0 atom stereocenters. The normalized spacial score (nSPS) is 17.6. The van der Waals surface area contributed by atoms with E-state index < -0.39 is 0 Å². The molecule has 2 N–H and O–H groups in total. The van der Waals surface area contributed by atoms with Crippen LogP contribution in [0.3, 0.4) is 0 Å². The Hall–Kier alpha value is -0.770. The number of nitrogens with zero attached hydrogens (tertiary/aromatic N) is 1. The fourth-order valence-corrected chi connectivity index (χ4v) is 1.47. The SMILES string of the molecule is CCN(C)C(=O)NCC1(CCO)CC1. The van der Waals surface area contributed by atoms with Gasteiger partial charge in [0.05, 0.1) is 0 Å². The first kappa shape index (κ1) is 11.3. The fourth-order valence-electron chi connectivity index (χ4n) is 1.47. The first-order chi connectivity index (χ1) is 6.63. The van der Waals surface area contributed by atoms with Crippen molar-refractivity contribution < 1.29 is 9.90 Å². The lowest BCUT2D eigenvalue weighted by molar-refractivity contribution is 0.203. The summed E-state index contributed by atoms with van der Waals surface area (Å²) in [4.78, 5) is 13.1. The first-order valence-electron chi connectivity index (χ1n) is 5.23. The van der Waals surface area contributed by atoms with Crippen molar-refractivity contribution in [3.8, 4) is 0 Å². The van der Waals surface area contributed by atoms with E-state index in [-0.39, 0.29) is 18.1 Å². The zero-order valence-corrected chi connectivity index (χ0v) is 9.05. The maximum Gasteiger partial charge on any atom is 0.317 e. The van der Waals surface area contributed by atoms with Gasteiger partial charge in [0.2, 0.25) is 0 Å². The van der Waals surface area contributed by atoms with Crippen molar-refractivity contribution in [3.05, 3.63) is 0 Å². The third-order valence-corrected chi connectivity index (χ3v) is 3.03. The Balaban J connectivity index is 2.23. The lowest BCUT2D eigenvalue weighted by Gasteiger charge is -2.19. The first-order valence-corrected chi connectivity index (χ1v) is 5.23. The topological polar surface area (TPSA) is 52.6 Å². The zero-order valence-electron chi connectivity index (χ0n) is 9.05. The second kappa shape index (κ2) is 4.64. The van der Waals surface area contributed by atoms with Gasteiger partial charge in [-0.25, -0.2) is 4.79 Å². The Bertz CT molecular complexity index is 202. The maximum absolute atomic E-state index is 11.4. The second-order valence-electron chi connectivity index (χ2n) is 4.15. The number of hydrogen-bond acceptors (Lipinski definition) is 2. The van der Waals surface area contributed by atoms with Crippen LogP contribution in [0.1, 0.15) is 26.2 Å². The molecule has 4 heteroatoms. The van der Waals surface area contributed by atoms with Crippen LogP contribution < -0.4 is 5.32 Å². The van der Waals surface area contributed by atoms with Gasteiger partial charge in [-0.3, -0.25) is 0 Å². The smallest absolute Gasteiger partial charge is 0.317 e. The predicted octanol–water partition coefficient (Wildman–Crippen LogP) is 0.810. The van der Waals surface area contributed by atoms with Crippen molar-refractivity contribution in [2.75, 3.05) is 26.7 Å². The van der Waals surface area contributed by atoms with Gasteiger partial charge in [0.25, 0.3) is 0 Å². The molecule has 1 aliphatic rings. The molecular weight excluding hydrogens is 180 g/mol. The minimum absolute atomic E-state index is 0.0169. The molecule has 0 spiro atoms. The van der Waals surface area contributed by atoms with Crippen LogP contribution >= 0.6 is 0 Å². The molecule has 2 amide bonds. The van der Waals surface area contributed by atoms with Crippen LogP contribution in [0.4, 0.5) is 4.79 Å². The lowest BCUT2D eigenvalue weighted by Crippen LogP contribution is -2.40. The number of hydrogen-bond donors (Lipinski definition) is 2. The van der Waals surface area contributed by atoms with E-state index >= 15 is 0 Å². The molecule has 1 rings (SSSR count). The summed E-state index contributed by atoms with van der Waals surface area (Å²) in [5.41, 5.74) is 0.207. The molecule has 0 aromatic carbocycles. The monoisotopic (exact) mass is 200 g/mol. The number of urea groups is 1. The Morgan fingerprint density at radius 3 is 2.64 bits per heavy atom. The van der Waals surface area contributed by atoms with E-state index in [4.69, 9.17) is 5.11 Å². The Morgan fingerprint density at radius 1 is 1.57 bits per heavy atom. The van der Waals surface area contributed by atoms with E-state index in [2.05, 4.69) is 5.32 Å². The average molecular weight is 200 g/mol. The number of amides is 2. The fraction of sp³-hybridized carbons (Fsp3) is 0.900. The van der Waals surface area contributed by atoms with Crippen LogP contribution in [0.15, 0.2) is 0 Å². The third-order valence-electron chi connectivity index (χ3n) is 3.03. The Morgan fingerprint density at radius 2 is 2.21 bits per heavy atom. The standard InChI is InChI=1S/C10H20N2O2/c1-3-12(2)9(14)11-8-10(4-5-10)6-7-13/h13H,3-8H2,1-2H3,(H,11,14). The molecule has 0 unspecified atom stereocenters. The van der Waals surface area contributed by atoms with E-state index in [1.54, 1.807) is 11.9 Å². The number of aliphatic hydroxyl groups excluding tert-OH is 1. The second-order valence-corrected chi connectivity index (χ2v) is 4.15. The van der Waals surface area contributed by atoms with Crippen LogP contribution in [0.25, 0.3) is 0 Å². The highest BCUT2D eigenvalue weighted by Gasteiger charge is 2.41. The number of aliphatic hydroxyl groups is 1. The Labute approximate surface area is 85.3 Å². The molecule has 0 heterocycles. The van der Waals surface area contributed by atoms with Crippen LogP contribution in [0, 0.1) is 5.41 Å². The van der Waals surface area contributed by atoms with E-state index in [1.807, 2.05) is 6.92 Å². The summed E-state index contributed by atoms with van der Waals surface area (Å²) in [7, 11) is 1.78. The van der Waals surface area contributed by atoms with Gasteiger partial charge < -0.3 is 15.3 Å². The highest BCUT2D eigenvalue weighted by Crippen LogP contribution is 2.47. The highest BCUT2D eigenvalue weighted by atomic mass is 16.3. The van der Waals surface area contributed by atoms with Gasteiger partial charge in [0.15, 0.2) is 0 Å². The van der Waals surface area contributed by atoms with Gasteiger partial charge in [-0.05, 0) is 31.6 Å². The average Bonchev–Trinajstić information content (AvgIpc) is 2.94. The van der Waals surface area contributed by atoms with E-state index in [0.717, 1.165) is 25.8 Å². The molecule has 14 heavy (non-hydrogen) atoms. The van der Waals surface area contributed by atoms with Gasteiger partial charge in [-0.1, -0.05) is 0 Å². The molecule has 1 aliphatic carbocycles. The number of carbonyl (C=O) groups is 1. The molecule has 0 aromatic heterocycles. The van der Waals surface area contributed by atoms with Gasteiger partial charge in [0.1, 0.15) is 0 Å². The maximum atomic E-state index is 11.4. The van der Waals surface area contributed by atoms with E-state index in [0.29, 0.717) is 6.54 Å². The van der Waals surface area contributed by atoms with Crippen molar-refractivity contribution >= 4 is 6.03 Å². The molecule has 0 aromatic rings. The predicted molar refractivity (Wildman–Crippen MR) is 55.1 cm³/mol. The third kappa shape index (κ3) is 2.87. The van der Waals surface area contributed by atoms with Gasteiger partial charge >= 0.3 is 6.03 Å². The summed E-state index contributed by atoms with van der Waals surface area (Å²) < 4.78 is 0. The van der Waals surface area contributed by atoms with E-state index in [1.165, 1.54) is 0 Å². The summed E-state index contributed by atoms with van der Waals surface area (Å²) in [6, 6.07) is -0.0169. The Kier molecular flexibility index (Phi) is 3.75. The molecule has 0 saturated heterocycles. The quantitative estimate of drug-likeness (QED) is 0.690. The summed E-state index contributed by atoms with van der Waals surface area (Å²) in [6.07, 6.45) is 3.07. The number of nitrogens with one attached hydrogen (secondary N) is 1. The summed E-state index contributed by atoms with van der Waals surface area (Å²) in [5, 5.41) is 11.7. The molecule has 0 radical (unpaired) electrons. The molecule has 1 saturated carbocycles. The van der Waals surface area contributed by atoms with Crippen molar-refractivity contribution in [2.45, 2.75) is 26.2 Å². The van der Waals surface area contributed by atoms with Crippen molar-refractivity contribution in [1.82, 2.24) is 10.2 Å². The van der Waals surface area contributed by atoms with Crippen LogP contribution in [-0.2, 0) is 0 Å². The summed E-state index contributed by atoms with van der Waals surface area (Å²) in [5.74, 6) is 0. The van der Waals surface area contributed by atoms with Crippen LogP contribution in [0.2, 0.25) is 0 Å². The molecule has 0 aliphatic heterocycles. The lowest BCUT2D eigenvalue weighted by atomic mass is 10.0. The van der Waals surface area contributed by atoms with Crippen LogP contribution in [-0.4, -0.2) is 42.8 Å². The molecule has 1 fully saturated rings. The zero-order chi connectivity index (χ0) is 10.6. The minimum atomic E-state index is -0.0169. The van der Waals surface area contributed by atoms with Crippen molar-refractivity contribution in [3.63, 3.8) is 0 Å². The summed E-state index contributed by atoms with van der Waals surface area (Å²) >= 11 is 0. The van der Waals surface area contributed by atoms with Crippen molar-refractivity contribution in [2.24, 2.45) is 5.41 Å². The van der Waals surface area contributed by atoms with Crippen molar-refractivity contribution in [1.29, 1.82) is 0 Å². The number of rotatable bonds is 5. The largest absolute Gasteiger partial charge is 0.396 e. The van der Waals surface area contributed by atoms with Gasteiger partial charge in [0, 0.05) is 26.7 Å². The minimum Gasteiger partial charge on any atom is -0.396 e. The van der Waals surface area contributed by atoms with Gasteiger partial charge in [-0.2, -0.15) is 0 Å².